The normalized spacial score (nSPS) is 16.4. The standard InChI is InChI=1S/C12H27NOS/c1-6-10(2)15-9-11(13)7-8-12(3,4)14-5/h10-11H,6-9,13H2,1-5H3. The van der Waals surface area contributed by atoms with E-state index in [2.05, 4.69) is 27.7 Å². The lowest BCUT2D eigenvalue weighted by Crippen LogP contribution is -2.29. The fourth-order valence-corrected chi connectivity index (χ4v) is 2.10. The smallest absolute Gasteiger partial charge is 0.0623 e. The minimum Gasteiger partial charge on any atom is -0.379 e. The van der Waals surface area contributed by atoms with Crippen molar-refractivity contribution in [3.05, 3.63) is 0 Å². The Morgan fingerprint density at radius 2 is 2.00 bits per heavy atom. The van der Waals surface area contributed by atoms with Gasteiger partial charge in [0.25, 0.3) is 0 Å². The number of thioether (sulfide) groups is 1. The minimum absolute atomic E-state index is 0.0291. The third kappa shape index (κ3) is 8.12. The molecule has 0 aliphatic rings. The van der Waals surface area contributed by atoms with Crippen LogP contribution in [0.1, 0.15) is 47.0 Å². The van der Waals surface area contributed by atoms with Crippen LogP contribution in [0.15, 0.2) is 0 Å². The Bertz CT molecular complexity index is 162. The van der Waals surface area contributed by atoms with Gasteiger partial charge in [-0.25, -0.2) is 0 Å². The molecule has 0 bridgehead atoms. The van der Waals surface area contributed by atoms with Gasteiger partial charge in [-0.15, -0.1) is 0 Å². The highest BCUT2D eigenvalue weighted by Gasteiger charge is 2.17. The molecule has 0 saturated heterocycles. The van der Waals surface area contributed by atoms with Crippen LogP contribution in [0.2, 0.25) is 0 Å². The first-order valence-corrected chi connectivity index (χ1v) is 6.88. The molecule has 0 fully saturated rings. The quantitative estimate of drug-likeness (QED) is 0.700. The maximum Gasteiger partial charge on any atom is 0.0623 e. The Labute approximate surface area is 99.3 Å². The molecule has 0 aromatic heterocycles. The molecular formula is C12H27NOS. The van der Waals surface area contributed by atoms with E-state index in [4.69, 9.17) is 10.5 Å². The van der Waals surface area contributed by atoms with Crippen molar-refractivity contribution in [3.8, 4) is 0 Å². The highest BCUT2D eigenvalue weighted by molar-refractivity contribution is 7.99. The first kappa shape index (κ1) is 15.3. The van der Waals surface area contributed by atoms with Gasteiger partial charge in [0.15, 0.2) is 0 Å². The van der Waals surface area contributed by atoms with Crippen molar-refractivity contribution < 1.29 is 4.74 Å². The van der Waals surface area contributed by atoms with Crippen LogP contribution in [0.3, 0.4) is 0 Å². The third-order valence-corrected chi connectivity index (χ3v) is 4.36. The van der Waals surface area contributed by atoms with E-state index in [1.165, 1.54) is 6.42 Å². The fraction of sp³-hybridized carbons (Fsp3) is 1.00. The summed E-state index contributed by atoms with van der Waals surface area (Å²) in [6, 6.07) is 0.304. The van der Waals surface area contributed by atoms with E-state index in [9.17, 15) is 0 Å². The van der Waals surface area contributed by atoms with Gasteiger partial charge >= 0.3 is 0 Å². The summed E-state index contributed by atoms with van der Waals surface area (Å²) in [7, 11) is 1.76. The molecular weight excluding hydrogens is 206 g/mol. The van der Waals surface area contributed by atoms with Crippen LogP contribution < -0.4 is 5.73 Å². The van der Waals surface area contributed by atoms with Crippen LogP contribution in [0.4, 0.5) is 0 Å². The van der Waals surface area contributed by atoms with Gasteiger partial charge in [-0.3, -0.25) is 0 Å². The van der Waals surface area contributed by atoms with Crippen LogP contribution in [0.5, 0.6) is 0 Å². The Morgan fingerprint density at radius 3 is 2.47 bits per heavy atom. The van der Waals surface area contributed by atoms with Gasteiger partial charge in [0.1, 0.15) is 0 Å². The maximum absolute atomic E-state index is 6.06. The van der Waals surface area contributed by atoms with Crippen molar-refractivity contribution in [2.75, 3.05) is 12.9 Å². The number of ether oxygens (including phenoxy) is 1. The highest BCUT2D eigenvalue weighted by Crippen LogP contribution is 2.19. The summed E-state index contributed by atoms with van der Waals surface area (Å²) in [6.07, 6.45) is 3.30. The van der Waals surface area contributed by atoms with Crippen molar-refractivity contribution in [3.63, 3.8) is 0 Å². The van der Waals surface area contributed by atoms with Gasteiger partial charge in [0.05, 0.1) is 5.60 Å². The molecule has 0 spiro atoms. The van der Waals surface area contributed by atoms with Gasteiger partial charge in [-0.2, -0.15) is 11.8 Å². The molecule has 2 atom stereocenters. The summed E-state index contributed by atoms with van der Waals surface area (Å²) in [6.45, 7) is 8.71. The molecule has 2 N–H and O–H groups in total. The molecule has 0 aromatic carbocycles. The SMILES string of the molecule is CCC(C)SCC(N)CCC(C)(C)OC. The average molecular weight is 233 g/mol. The Hall–Kier alpha value is 0.270. The number of methoxy groups -OCH3 is 1. The summed E-state index contributed by atoms with van der Waals surface area (Å²) in [5.41, 5.74) is 6.03. The highest BCUT2D eigenvalue weighted by atomic mass is 32.2. The predicted molar refractivity (Wildman–Crippen MR) is 70.5 cm³/mol. The summed E-state index contributed by atoms with van der Waals surface area (Å²) < 4.78 is 5.37. The van der Waals surface area contributed by atoms with Crippen molar-refractivity contribution in [1.82, 2.24) is 0 Å². The lowest BCUT2D eigenvalue weighted by Gasteiger charge is -2.24. The van der Waals surface area contributed by atoms with Crippen LogP contribution in [0.25, 0.3) is 0 Å². The van der Waals surface area contributed by atoms with E-state index in [0.29, 0.717) is 6.04 Å². The van der Waals surface area contributed by atoms with E-state index >= 15 is 0 Å². The zero-order valence-corrected chi connectivity index (χ0v) is 11.7. The van der Waals surface area contributed by atoms with E-state index in [-0.39, 0.29) is 5.60 Å². The lowest BCUT2D eigenvalue weighted by atomic mass is 10.00. The summed E-state index contributed by atoms with van der Waals surface area (Å²) in [4.78, 5) is 0. The molecule has 3 heteroatoms. The molecule has 92 valence electrons. The molecule has 0 aliphatic heterocycles. The number of hydrogen-bond acceptors (Lipinski definition) is 3. The van der Waals surface area contributed by atoms with Crippen molar-refractivity contribution >= 4 is 11.8 Å². The van der Waals surface area contributed by atoms with Gasteiger partial charge in [0, 0.05) is 24.2 Å². The molecule has 15 heavy (non-hydrogen) atoms. The Balaban J connectivity index is 3.61. The molecule has 0 radical (unpaired) electrons. The Kier molecular flexibility index (Phi) is 7.66. The van der Waals surface area contributed by atoms with Gasteiger partial charge < -0.3 is 10.5 Å². The molecule has 0 rings (SSSR count). The van der Waals surface area contributed by atoms with E-state index in [1.54, 1.807) is 7.11 Å². The predicted octanol–water partition coefficient (Wildman–Crippen LogP) is 3.05. The zero-order valence-electron chi connectivity index (χ0n) is 10.9. The van der Waals surface area contributed by atoms with Crippen LogP contribution in [-0.4, -0.2) is 29.8 Å². The lowest BCUT2D eigenvalue weighted by molar-refractivity contribution is 0.0129. The van der Waals surface area contributed by atoms with Crippen LogP contribution in [-0.2, 0) is 4.74 Å². The monoisotopic (exact) mass is 233 g/mol. The topological polar surface area (TPSA) is 35.2 Å². The van der Waals surface area contributed by atoms with Crippen LogP contribution in [0, 0.1) is 0 Å². The maximum atomic E-state index is 6.06. The zero-order chi connectivity index (χ0) is 11.9. The Morgan fingerprint density at radius 1 is 1.40 bits per heavy atom. The number of nitrogens with two attached hydrogens (primary N) is 1. The molecule has 0 aliphatic carbocycles. The molecule has 2 nitrogen and oxygen atoms in total. The molecule has 0 heterocycles. The van der Waals surface area contributed by atoms with E-state index in [1.807, 2.05) is 11.8 Å². The number of hydrogen-bond donors (Lipinski definition) is 1. The van der Waals surface area contributed by atoms with Gasteiger partial charge in [0.2, 0.25) is 0 Å². The largest absolute Gasteiger partial charge is 0.379 e. The van der Waals surface area contributed by atoms with E-state index < -0.39 is 0 Å². The summed E-state index contributed by atoms with van der Waals surface area (Å²) in [5.74, 6) is 1.06. The molecule has 2 unspecified atom stereocenters. The first-order valence-electron chi connectivity index (χ1n) is 5.83. The van der Waals surface area contributed by atoms with Crippen molar-refractivity contribution in [1.29, 1.82) is 0 Å². The molecule has 0 aromatic rings. The van der Waals surface area contributed by atoms with Gasteiger partial charge in [-0.1, -0.05) is 13.8 Å². The number of rotatable bonds is 8. The van der Waals surface area contributed by atoms with Gasteiger partial charge in [-0.05, 0) is 33.1 Å². The summed E-state index contributed by atoms with van der Waals surface area (Å²) in [5, 5.41) is 0.728. The second kappa shape index (κ2) is 7.53. The minimum atomic E-state index is -0.0291. The van der Waals surface area contributed by atoms with Crippen LogP contribution >= 0.6 is 11.8 Å². The summed E-state index contributed by atoms with van der Waals surface area (Å²) >= 11 is 1.98. The first-order chi connectivity index (χ1) is 6.91. The third-order valence-electron chi connectivity index (χ3n) is 2.84. The second-order valence-corrected chi connectivity index (χ2v) is 6.29. The van der Waals surface area contributed by atoms with Crippen molar-refractivity contribution in [2.45, 2.75) is 63.9 Å². The van der Waals surface area contributed by atoms with E-state index in [0.717, 1.165) is 23.8 Å². The van der Waals surface area contributed by atoms with Crippen molar-refractivity contribution in [2.24, 2.45) is 5.73 Å². The average Bonchev–Trinajstić information content (AvgIpc) is 2.23. The molecule has 0 saturated carbocycles. The second-order valence-electron chi connectivity index (χ2n) is 4.81. The molecule has 0 amide bonds. The fourth-order valence-electron chi connectivity index (χ4n) is 1.12.